The Hall–Kier alpha value is -2.14. The van der Waals surface area contributed by atoms with Gasteiger partial charge in [0.1, 0.15) is 0 Å². The van der Waals surface area contributed by atoms with E-state index in [1.54, 1.807) is 6.20 Å². The molecule has 0 saturated carbocycles. The molecule has 128 valence electrons. The molecular formula is C19H25N3O2. The summed E-state index contributed by atoms with van der Waals surface area (Å²) in [6.07, 6.45) is 6.85. The second kappa shape index (κ2) is 8.11. The lowest BCUT2D eigenvalue weighted by Gasteiger charge is -2.39. The molecule has 1 aromatic carbocycles. The Kier molecular flexibility index (Phi) is 5.64. The number of likely N-dealkylation sites (tertiary alicyclic amines) is 1. The fourth-order valence-corrected chi connectivity index (χ4v) is 3.42. The molecule has 5 heteroatoms. The Bertz CT molecular complexity index is 627. The molecule has 1 fully saturated rings. The van der Waals surface area contributed by atoms with Crippen LogP contribution in [0.15, 0.2) is 48.8 Å². The molecular weight excluding hydrogens is 302 g/mol. The number of aromatic nitrogens is 2. The summed E-state index contributed by atoms with van der Waals surface area (Å²) < 4.78 is 1.85. The highest BCUT2D eigenvalue weighted by atomic mass is 16.3. The first-order valence-corrected chi connectivity index (χ1v) is 8.73. The minimum atomic E-state index is -0.436. The molecule has 0 bridgehead atoms. The van der Waals surface area contributed by atoms with Crippen molar-refractivity contribution in [1.29, 1.82) is 0 Å². The third-order valence-electron chi connectivity index (χ3n) is 4.69. The van der Waals surface area contributed by atoms with Crippen molar-refractivity contribution in [3.63, 3.8) is 0 Å². The van der Waals surface area contributed by atoms with E-state index < -0.39 is 6.10 Å². The van der Waals surface area contributed by atoms with Gasteiger partial charge in [0.05, 0.1) is 12.1 Å². The Morgan fingerprint density at radius 1 is 1.25 bits per heavy atom. The van der Waals surface area contributed by atoms with E-state index in [-0.39, 0.29) is 11.9 Å². The average Bonchev–Trinajstić information content (AvgIpc) is 3.11. The van der Waals surface area contributed by atoms with Gasteiger partial charge in [-0.2, -0.15) is 5.10 Å². The maximum Gasteiger partial charge on any atom is 0.222 e. The molecule has 0 unspecified atom stereocenters. The quantitative estimate of drug-likeness (QED) is 0.885. The Morgan fingerprint density at radius 2 is 2.08 bits per heavy atom. The topological polar surface area (TPSA) is 58.4 Å². The Morgan fingerprint density at radius 3 is 2.83 bits per heavy atom. The number of hydrogen-bond acceptors (Lipinski definition) is 3. The van der Waals surface area contributed by atoms with E-state index in [1.165, 1.54) is 0 Å². The number of hydrogen-bond donors (Lipinski definition) is 1. The van der Waals surface area contributed by atoms with Crippen molar-refractivity contribution >= 4 is 5.91 Å². The van der Waals surface area contributed by atoms with Crippen LogP contribution in [-0.2, 0) is 17.8 Å². The largest absolute Gasteiger partial charge is 0.391 e. The van der Waals surface area contributed by atoms with Crippen molar-refractivity contribution in [2.45, 2.75) is 50.8 Å². The monoisotopic (exact) mass is 327 g/mol. The smallest absolute Gasteiger partial charge is 0.222 e. The zero-order valence-corrected chi connectivity index (χ0v) is 13.9. The minimum Gasteiger partial charge on any atom is -0.391 e. The van der Waals surface area contributed by atoms with Crippen LogP contribution in [0.25, 0.3) is 0 Å². The zero-order chi connectivity index (χ0) is 16.8. The lowest BCUT2D eigenvalue weighted by atomic mass is 9.92. The number of carbonyl (C=O) groups excluding carboxylic acids is 1. The lowest BCUT2D eigenvalue weighted by molar-refractivity contribution is -0.138. The van der Waals surface area contributed by atoms with E-state index in [1.807, 2.05) is 40.0 Å². The number of aryl methyl sites for hydroxylation is 1. The molecule has 1 aromatic heterocycles. The van der Waals surface area contributed by atoms with Gasteiger partial charge in [-0.1, -0.05) is 30.3 Å². The van der Waals surface area contributed by atoms with Crippen molar-refractivity contribution in [3.05, 3.63) is 54.4 Å². The number of carbonyl (C=O) groups is 1. The average molecular weight is 327 g/mol. The van der Waals surface area contributed by atoms with E-state index in [0.717, 1.165) is 37.9 Å². The predicted octanol–water partition coefficient (Wildman–Crippen LogP) is 2.26. The fourth-order valence-electron chi connectivity index (χ4n) is 3.42. The van der Waals surface area contributed by atoms with E-state index in [9.17, 15) is 9.90 Å². The minimum absolute atomic E-state index is 0.113. The lowest BCUT2D eigenvalue weighted by Crippen LogP contribution is -2.52. The van der Waals surface area contributed by atoms with Crippen LogP contribution in [-0.4, -0.2) is 44.4 Å². The molecule has 0 radical (unpaired) electrons. The van der Waals surface area contributed by atoms with Crippen molar-refractivity contribution in [1.82, 2.24) is 14.7 Å². The van der Waals surface area contributed by atoms with Crippen molar-refractivity contribution < 1.29 is 9.90 Å². The van der Waals surface area contributed by atoms with Gasteiger partial charge in [-0.15, -0.1) is 0 Å². The Labute approximate surface area is 142 Å². The van der Waals surface area contributed by atoms with Crippen LogP contribution < -0.4 is 0 Å². The standard InChI is InChI=1S/C19H25N3O2/c23-18-9-4-14-22(17(18)15-16-7-2-1-3-8-16)19(24)10-5-12-21-13-6-11-20-21/h1-3,6-8,11,13,17-18,23H,4-5,9-10,12,14-15H2/t17-,18-/m0/s1. The molecule has 1 aliphatic rings. The molecule has 1 N–H and O–H groups in total. The Balaban J connectivity index is 1.59. The second-order valence-corrected chi connectivity index (χ2v) is 6.43. The van der Waals surface area contributed by atoms with Crippen LogP contribution in [0, 0.1) is 0 Å². The van der Waals surface area contributed by atoms with Gasteiger partial charge in [-0.05, 0) is 37.3 Å². The van der Waals surface area contributed by atoms with Gasteiger partial charge in [0.15, 0.2) is 0 Å². The summed E-state index contributed by atoms with van der Waals surface area (Å²) in [6.45, 7) is 1.49. The van der Waals surface area contributed by atoms with Crippen molar-refractivity contribution in [2.75, 3.05) is 6.54 Å². The van der Waals surface area contributed by atoms with Gasteiger partial charge in [0.25, 0.3) is 0 Å². The highest BCUT2D eigenvalue weighted by Gasteiger charge is 2.32. The van der Waals surface area contributed by atoms with Gasteiger partial charge in [-0.25, -0.2) is 0 Å². The molecule has 24 heavy (non-hydrogen) atoms. The van der Waals surface area contributed by atoms with E-state index in [4.69, 9.17) is 0 Å². The van der Waals surface area contributed by atoms with Crippen LogP contribution in [0.3, 0.4) is 0 Å². The SMILES string of the molecule is O=C(CCCn1cccn1)N1CCC[C@H](O)[C@@H]1Cc1ccccc1. The molecule has 2 atom stereocenters. The highest BCUT2D eigenvalue weighted by Crippen LogP contribution is 2.22. The van der Waals surface area contributed by atoms with E-state index in [2.05, 4.69) is 17.2 Å². The number of benzene rings is 1. The van der Waals surface area contributed by atoms with Crippen LogP contribution in [0.4, 0.5) is 0 Å². The van der Waals surface area contributed by atoms with E-state index >= 15 is 0 Å². The summed E-state index contributed by atoms with van der Waals surface area (Å²) in [7, 11) is 0. The van der Waals surface area contributed by atoms with Crippen LogP contribution >= 0.6 is 0 Å². The molecule has 5 nitrogen and oxygen atoms in total. The van der Waals surface area contributed by atoms with Gasteiger partial charge in [-0.3, -0.25) is 9.48 Å². The molecule has 3 rings (SSSR count). The number of aliphatic hydroxyl groups is 1. The number of nitrogens with zero attached hydrogens (tertiary/aromatic N) is 3. The molecule has 0 spiro atoms. The first kappa shape index (κ1) is 16.7. The first-order chi connectivity index (χ1) is 11.7. The third kappa shape index (κ3) is 4.23. The summed E-state index contributed by atoms with van der Waals surface area (Å²) in [4.78, 5) is 14.6. The number of aliphatic hydroxyl groups excluding tert-OH is 1. The van der Waals surface area contributed by atoms with Crippen LogP contribution in [0.5, 0.6) is 0 Å². The first-order valence-electron chi connectivity index (χ1n) is 8.73. The normalized spacial score (nSPS) is 21.0. The summed E-state index contributed by atoms with van der Waals surface area (Å²) in [5.41, 5.74) is 1.16. The number of rotatable bonds is 6. The second-order valence-electron chi connectivity index (χ2n) is 6.43. The zero-order valence-electron chi connectivity index (χ0n) is 13.9. The number of piperidine rings is 1. The van der Waals surface area contributed by atoms with Gasteiger partial charge < -0.3 is 10.0 Å². The van der Waals surface area contributed by atoms with Crippen molar-refractivity contribution in [3.8, 4) is 0 Å². The summed E-state index contributed by atoms with van der Waals surface area (Å²) in [6, 6.07) is 11.9. The van der Waals surface area contributed by atoms with Gasteiger partial charge >= 0.3 is 0 Å². The molecule has 1 amide bonds. The van der Waals surface area contributed by atoms with Gasteiger partial charge in [0.2, 0.25) is 5.91 Å². The molecule has 0 aliphatic carbocycles. The van der Waals surface area contributed by atoms with Crippen LogP contribution in [0.1, 0.15) is 31.2 Å². The number of amides is 1. The van der Waals surface area contributed by atoms with E-state index in [0.29, 0.717) is 12.8 Å². The van der Waals surface area contributed by atoms with Gasteiger partial charge in [0, 0.05) is 31.9 Å². The maximum absolute atomic E-state index is 12.7. The highest BCUT2D eigenvalue weighted by molar-refractivity contribution is 5.76. The fraction of sp³-hybridized carbons (Fsp3) is 0.474. The molecule has 2 aromatic rings. The summed E-state index contributed by atoms with van der Waals surface area (Å²) in [5.74, 6) is 0.141. The predicted molar refractivity (Wildman–Crippen MR) is 92.3 cm³/mol. The third-order valence-corrected chi connectivity index (χ3v) is 4.69. The summed E-state index contributed by atoms with van der Waals surface area (Å²) >= 11 is 0. The molecule has 2 heterocycles. The molecule has 1 saturated heterocycles. The van der Waals surface area contributed by atoms with Crippen LogP contribution in [0.2, 0.25) is 0 Å². The molecule has 1 aliphatic heterocycles. The summed E-state index contributed by atoms with van der Waals surface area (Å²) in [5, 5.41) is 14.6. The maximum atomic E-state index is 12.7. The van der Waals surface area contributed by atoms with Crippen molar-refractivity contribution in [2.24, 2.45) is 0 Å².